The van der Waals surface area contributed by atoms with Gasteiger partial charge in [0.1, 0.15) is 0 Å². The number of urea groups is 1. The van der Waals surface area contributed by atoms with Crippen molar-refractivity contribution in [2.75, 3.05) is 6.54 Å². The molecule has 0 spiro atoms. The summed E-state index contributed by atoms with van der Waals surface area (Å²) in [5, 5.41) is 2.95. The first-order chi connectivity index (χ1) is 11.3. The number of fused-ring (bicyclic) bond motifs is 1. The monoisotopic (exact) mass is 333 g/mol. The van der Waals surface area contributed by atoms with E-state index in [1.165, 1.54) is 12.1 Å². The van der Waals surface area contributed by atoms with Crippen LogP contribution in [0.2, 0.25) is 0 Å². The summed E-state index contributed by atoms with van der Waals surface area (Å²) in [6.45, 7) is 6.88. The maximum absolute atomic E-state index is 13.7. The van der Waals surface area contributed by atoms with E-state index in [2.05, 4.69) is 5.32 Å². The van der Waals surface area contributed by atoms with E-state index in [0.717, 1.165) is 11.8 Å². The highest BCUT2D eigenvalue weighted by Crippen LogP contribution is 2.33. The Balaban J connectivity index is 2.02. The predicted octanol–water partition coefficient (Wildman–Crippen LogP) is 3.68. The zero-order valence-corrected chi connectivity index (χ0v) is 14.0. The van der Waals surface area contributed by atoms with Crippen LogP contribution in [-0.2, 0) is 6.54 Å². The van der Waals surface area contributed by atoms with Crippen LogP contribution in [0, 0.1) is 11.6 Å². The van der Waals surface area contributed by atoms with Gasteiger partial charge in [-0.3, -0.25) is 0 Å². The number of benzene rings is 1. The van der Waals surface area contributed by atoms with Crippen LogP contribution < -0.4 is 5.32 Å². The third-order valence-corrected chi connectivity index (χ3v) is 4.04. The first kappa shape index (κ1) is 16.5. The molecule has 0 radical (unpaired) electrons. The number of aromatic nitrogens is 1. The van der Waals surface area contributed by atoms with E-state index in [-0.39, 0.29) is 11.6 Å². The van der Waals surface area contributed by atoms with Gasteiger partial charge in [0.2, 0.25) is 0 Å². The van der Waals surface area contributed by atoms with Gasteiger partial charge in [0.25, 0.3) is 0 Å². The van der Waals surface area contributed by atoms with Gasteiger partial charge in [-0.25, -0.2) is 13.6 Å². The number of amides is 2. The molecule has 4 nitrogen and oxygen atoms in total. The van der Waals surface area contributed by atoms with Crippen molar-refractivity contribution in [3.63, 3.8) is 0 Å². The van der Waals surface area contributed by atoms with Gasteiger partial charge in [-0.15, -0.1) is 0 Å². The Morgan fingerprint density at radius 2 is 1.92 bits per heavy atom. The van der Waals surface area contributed by atoms with Gasteiger partial charge >= 0.3 is 6.03 Å². The van der Waals surface area contributed by atoms with Crippen LogP contribution in [0.25, 0.3) is 0 Å². The van der Waals surface area contributed by atoms with E-state index in [4.69, 9.17) is 0 Å². The molecular formula is C18H21F2N3O. The molecule has 1 N–H and O–H groups in total. The molecule has 3 rings (SSSR count). The molecule has 1 aromatic heterocycles. The number of carbonyl (C=O) groups is 1. The largest absolute Gasteiger partial charge is 0.348 e. The van der Waals surface area contributed by atoms with E-state index >= 15 is 0 Å². The highest BCUT2D eigenvalue weighted by molar-refractivity contribution is 5.76. The second-order valence-electron chi connectivity index (χ2n) is 7.08. The molecule has 1 unspecified atom stereocenters. The predicted molar refractivity (Wildman–Crippen MR) is 87.6 cm³/mol. The number of halogens is 2. The minimum Gasteiger partial charge on any atom is -0.348 e. The average Bonchev–Trinajstić information content (AvgIpc) is 2.95. The van der Waals surface area contributed by atoms with Crippen molar-refractivity contribution in [3.8, 4) is 0 Å². The van der Waals surface area contributed by atoms with Crippen molar-refractivity contribution in [1.29, 1.82) is 0 Å². The highest BCUT2D eigenvalue weighted by Gasteiger charge is 2.33. The fraction of sp³-hybridized carbons (Fsp3) is 0.389. The number of nitrogens with zero attached hydrogens (tertiary/aromatic N) is 2. The second kappa shape index (κ2) is 5.92. The summed E-state index contributed by atoms with van der Waals surface area (Å²) in [5.41, 5.74) is 1.06. The fourth-order valence-corrected chi connectivity index (χ4v) is 3.03. The Labute approximate surface area is 140 Å². The molecule has 2 aromatic rings. The third kappa shape index (κ3) is 3.13. The number of hydrogen-bond acceptors (Lipinski definition) is 1. The number of nitrogens with one attached hydrogen (secondary N) is 1. The minimum atomic E-state index is -0.910. The van der Waals surface area contributed by atoms with E-state index < -0.39 is 17.7 Å². The molecule has 1 aliphatic heterocycles. The molecule has 1 aliphatic rings. The summed E-state index contributed by atoms with van der Waals surface area (Å²) in [4.78, 5) is 14.4. The Hall–Kier alpha value is -2.37. The quantitative estimate of drug-likeness (QED) is 0.849. The van der Waals surface area contributed by atoms with Gasteiger partial charge in [-0.2, -0.15) is 0 Å². The normalized spacial score (nSPS) is 17.5. The van der Waals surface area contributed by atoms with Crippen LogP contribution in [0.3, 0.4) is 0 Å². The third-order valence-electron chi connectivity index (χ3n) is 4.04. The maximum atomic E-state index is 13.7. The molecule has 1 aromatic carbocycles. The number of rotatable bonds is 1. The van der Waals surface area contributed by atoms with Gasteiger partial charge in [-0.05, 0) is 50.6 Å². The maximum Gasteiger partial charge on any atom is 0.318 e. The Morgan fingerprint density at radius 3 is 2.58 bits per heavy atom. The molecule has 0 fully saturated rings. The van der Waals surface area contributed by atoms with E-state index in [9.17, 15) is 13.6 Å². The lowest BCUT2D eigenvalue weighted by molar-refractivity contribution is 0.160. The van der Waals surface area contributed by atoms with Crippen molar-refractivity contribution >= 4 is 6.03 Å². The summed E-state index contributed by atoms with van der Waals surface area (Å²) in [5.74, 6) is -1.80. The van der Waals surface area contributed by atoms with Crippen LogP contribution in [0.1, 0.15) is 38.1 Å². The minimum absolute atomic E-state index is 0.218. The van der Waals surface area contributed by atoms with Crippen molar-refractivity contribution in [1.82, 2.24) is 14.8 Å². The molecule has 0 saturated carbocycles. The Bertz CT molecular complexity index is 764. The zero-order valence-electron chi connectivity index (χ0n) is 14.0. The molecule has 6 heteroatoms. The van der Waals surface area contributed by atoms with Crippen molar-refractivity contribution < 1.29 is 13.6 Å². The molecule has 0 saturated heterocycles. The van der Waals surface area contributed by atoms with Crippen molar-refractivity contribution in [2.24, 2.45) is 0 Å². The standard InChI is InChI=1S/C18H21F2N3O/c1-18(2,3)21-17(24)23-10-9-22-8-4-5-15(22)16(23)12-6-7-13(19)14(20)11-12/h4-8,11,16H,9-10H2,1-3H3,(H,21,24). The zero-order chi connectivity index (χ0) is 17.5. The van der Waals surface area contributed by atoms with Crippen LogP contribution in [-0.4, -0.2) is 27.6 Å². The van der Waals surface area contributed by atoms with E-state index in [1.54, 1.807) is 4.90 Å². The first-order valence-electron chi connectivity index (χ1n) is 7.95. The van der Waals surface area contributed by atoms with Crippen LogP contribution in [0.15, 0.2) is 36.5 Å². The topological polar surface area (TPSA) is 37.3 Å². The molecule has 2 amide bonds. The molecule has 2 heterocycles. The summed E-state index contributed by atoms with van der Waals surface area (Å²) in [6.07, 6.45) is 1.93. The Kier molecular flexibility index (Phi) is 4.07. The van der Waals surface area contributed by atoms with Crippen LogP contribution in [0.5, 0.6) is 0 Å². The highest BCUT2D eigenvalue weighted by atomic mass is 19.2. The lowest BCUT2D eigenvalue weighted by Gasteiger charge is -2.39. The van der Waals surface area contributed by atoms with Crippen molar-refractivity contribution in [2.45, 2.75) is 38.9 Å². The molecule has 0 bridgehead atoms. The summed E-state index contributed by atoms with van der Waals surface area (Å²) in [6, 6.07) is 6.93. The smallest absolute Gasteiger partial charge is 0.318 e. The molecule has 24 heavy (non-hydrogen) atoms. The SMILES string of the molecule is CC(C)(C)NC(=O)N1CCn2cccc2C1c1ccc(F)c(F)c1. The molecule has 0 aliphatic carbocycles. The van der Waals surface area contributed by atoms with Gasteiger partial charge in [0, 0.05) is 30.5 Å². The van der Waals surface area contributed by atoms with Crippen LogP contribution in [0.4, 0.5) is 13.6 Å². The van der Waals surface area contributed by atoms with Gasteiger partial charge in [0.15, 0.2) is 11.6 Å². The van der Waals surface area contributed by atoms with E-state index in [0.29, 0.717) is 18.7 Å². The van der Waals surface area contributed by atoms with Crippen molar-refractivity contribution in [3.05, 3.63) is 59.4 Å². The van der Waals surface area contributed by atoms with E-state index in [1.807, 2.05) is 43.7 Å². The molecular weight excluding hydrogens is 312 g/mol. The van der Waals surface area contributed by atoms with Gasteiger partial charge in [-0.1, -0.05) is 6.07 Å². The lowest BCUT2D eigenvalue weighted by Crippen LogP contribution is -2.52. The average molecular weight is 333 g/mol. The van der Waals surface area contributed by atoms with Gasteiger partial charge in [0.05, 0.1) is 6.04 Å². The lowest BCUT2D eigenvalue weighted by atomic mass is 9.99. The van der Waals surface area contributed by atoms with Crippen LogP contribution >= 0.6 is 0 Å². The van der Waals surface area contributed by atoms with Gasteiger partial charge < -0.3 is 14.8 Å². The second-order valence-corrected chi connectivity index (χ2v) is 7.08. The summed E-state index contributed by atoms with van der Waals surface area (Å²) in [7, 11) is 0. The Morgan fingerprint density at radius 1 is 1.17 bits per heavy atom. The number of hydrogen-bond donors (Lipinski definition) is 1. The first-order valence-corrected chi connectivity index (χ1v) is 7.95. The molecule has 128 valence electrons. The molecule has 1 atom stereocenters. The fourth-order valence-electron chi connectivity index (χ4n) is 3.03. The summed E-state index contributed by atoms with van der Waals surface area (Å²) < 4.78 is 29.1. The number of carbonyl (C=O) groups excluding carboxylic acids is 1. The summed E-state index contributed by atoms with van der Waals surface area (Å²) >= 11 is 0.